The lowest BCUT2D eigenvalue weighted by Crippen LogP contribution is -2.38. The molecule has 0 aliphatic rings. The van der Waals surface area contributed by atoms with E-state index in [0.29, 0.717) is 19.0 Å². The zero-order valence-electron chi connectivity index (χ0n) is 12.0. The van der Waals surface area contributed by atoms with E-state index in [1.165, 1.54) is 0 Å². The van der Waals surface area contributed by atoms with Crippen molar-refractivity contribution >= 4 is 6.09 Å². The van der Waals surface area contributed by atoms with Crippen molar-refractivity contribution in [1.82, 2.24) is 10.2 Å². The number of carbonyl (C=O) groups is 1. The summed E-state index contributed by atoms with van der Waals surface area (Å²) >= 11 is 0. The van der Waals surface area contributed by atoms with E-state index >= 15 is 0 Å². The first-order valence-corrected chi connectivity index (χ1v) is 6.00. The van der Waals surface area contributed by atoms with Crippen molar-refractivity contribution < 1.29 is 9.53 Å². The zero-order chi connectivity index (χ0) is 13.6. The Bertz CT molecular complexity index is 267. The van der Waals surface area contributed by atoms with E-state index in [4.69, 9.17) is 4.74 Å². The second kappa shape index (κ2) is 6.52. The monoisotopic (exact) mass is 242 g/mol. The molecular weight excluding hydrogens is 216 g/mol. The summed E-state index contributed by atoms with van der Waals surface area (Å²) in [7, 11) is 1.73. The highest BCUT2D eigenvalue weighted by Crippen LogP contribution is 2.08. The van der Waals surface area contributed by atoms with Gasteiger partial charge < -0.3 is 15.0 Å². The molecule has 0 aromatic rings. The first-order chi connectivity index (χ1) is 7.63. The van der Waals surface area contributed by atoms with Crippen molar-refractivity contribution in [2.75, 3.05) is 20.1 Å². The summed E-state index contributed by atoms with van der Waals surface area (Å²) in [5.41, 5.74) is 0.544. The third kappa shape index (κ3) is 7.66. The van der Waals surface area contributed by atoms with Gasteiger partial charge in [0.1, 0.15) is 5.60 Å². The molecule has 0 aliphatic carbocycles. The van der Waals surface area contributed by atoms with Gasteiger partial charge in [0.05, 0.1) is 0 Å². The van der Waals surface area contributed by atoms with Crippen LogP contribution < -0.4 is 5.32 Å². The Morgan fingerprint density at radius 2 is 1.94 bits per heavy atom. The molecule has 0 atom stereocenters. The number of nitrogens with zero attached hydrogens (tertiary/aromatic N) is 1. The van der Waals surface area contributed by atoms with Gasteiger partial charge in [-0.1, -0.05) is 20.4 Å². The molecular formula is C13H26N2O2. The maximum atomic E-state index is 11.6. The molecule has 0 saturated carbocycles. The second-order valence-electron chi connectivity index (χ2n) is 5.51. The van der Waals surface area contributed by atoms with E-state index in [1.54, 1.807) is 11.9 Å². The molecule has 100 valence electrons. The molecule has 0 bridgehead atoms. The van der Waals surface area contributed by atoms with Crippen LogP contribution in [0.2, 0.25) is 0 Å². The lowest BCUT2D eigenvalue weighted by atomic mass is 10.1. The van der Waals surface area contributed by atoms with Gasteiger partial charge in [-0.05, 0) is 26.7 Å². The zero-order valence-corrected chi connectivity index (χ0v) is 12.0. The molecule has 1 N–H and O–H groups in total. The van der Waals surface area contributed by atoms with E-state index in [9.17, 15) is 4.79 Å². The Balaban J connectivity index is 3.91. The molecule has 17 heavy (non-hydrogen) atoms. The number of likely N-dealkylation sites (N-methyl/N-ethyl adjacent to an activating group) is 1. The average molecular weight is 242 g/mol. The average Bonchev–Trinajstić information content (AvgIpc) is 2.14. The van der Waals surface area contributed by atoms with Crippen molar-refractivity contribution in [3.8, 4) is 0 Å². The van der Waals surface area contributed by atoms with Crippen LogP contribution in [0.25, 0.3) is 0 Å². The molecule has 0 radical (unpaired) electrons. The molecule has 4 heteroatoms. The maximum Gasteiger partial charge on any atom is 0.410 e. The minimum absolute atomic E-state index is 0.297. The number of ether oxygens (including phenoxy) is 1. The predicted molar refractivity (Wildman–Crippen MR) is 70.8 cm³/mol. The minimum atomic E-state index is -0.444. The number of amides is 1. The quantitative estimate of drug-likeness (QED) is 0.805. The van der Waals surface area contributed by atoms with Gasteiger partial charge >= 0.3 is 6.09 Å². The Morgan fingerprint density at radius 1 is 1.41 bits per heavy atom. The van der Waals surface area contributed by atoms with E-state index in [1.807, 2.05) is 20.8 Å². The van der Waals surface area contributed by atoms with E-state index in [-0.39, 0.29) is 6.09 Å². The fourth-order valence-electron chi connectivity index (χ4n) is 1.02. The molecule has 0 aliphatic heterocycles. The number of hydrogen-bond donors (Lipinski definition) is 1. The van der Waals surface area contributed by atoms with Gasteiger partial charge in [-0.2, -0.15) is 0 Å². The molecule has 4 nitrogen and oxygen atoms in total. The van der Waals surface area contributed by atoms with Gasteiger partial charge in [-0.3, -0.25) is 0 Å². The largest absolute Gasteiger partial charge is 0.444 e. The molecule has 0 fully saturated rings. The highest BCUT2D eigenvalue weighted by molar-refractivity contribution is 5.67. The molecule has 0 spiro atoms. The van der Waals surface area contributed by atoms with Crippen LogP contribution in [0, 0.1) is 5.92 Å². The first kappa shape index (κ1) is 15.8. The van der Waals surface area contributed by atoms with E-state index in [0.717, 1.165) is 5.70 Å². The van der Waals surface area contributed by atoms with Crippen LogP contribution >= 0.6 is 0 Å². The maximum absolute atomic E-state index is 11.6. The molecule has 0 rings (SSSR count). The lowest BCUT2D eigenvalue weighted by Gasteiger charge is -2.25. The van der Waals surface area contributed by atoms with Crippen molar-refractivity contribution in [3.05, 3.63) is 12.3 Å². The van der Waals surface area contributed by atoms with Gasteiger partial charge in [0.2, 0.25) is 0 Å². The van der Waals surface area contributed by atoms with Gasteiger partial charge in [-0.15, -0.1) is 0 Å². The number of carbonyl (C=O) groups excluding carboxylic acids is 1. The highest BCUT2D eigenvalue weighted by Gasteiger charge is 2.19. The Morgan fingerprint density at radius 3 is 2.35 bits per heavy atom. The molecule has 1 amide bonds. The number of allylic oxidation sites excluding steroid dienone is 1. The Hall–Kier alpha value is -1.19. The molecule has 0 aromatic carbocycles. The fourth-order valence-corrected chi connectivity index (χ4v) is 1.02. The van der Waals surface area contributed by atoms with Gasteiger partial charge in [0, 0.05) is 25.8 Å². The van der Waals surface area contributed by atoms with Crippen LogP contribution in [-0.2, 0) is 4.74 Å². The molecule has 0 heterocycles. The third-order valence-electron chi connectivity index (χ3n) is 2.20. The molecule has 0 saturated heterocycles. The minimum Gasteiger partial charge on any atom is -0.444 e. The van der Waals surface area contributed by atoms with Gasteiger partial charge in [-0.25, -0.2) is 4.79 Å². The van der Waals surface area contributed by atoms with Crippen LogP contribution in [0.3, 0.4) is 0 Å². The normalized spacial score (nSPS) is 11.2. The van der Waals surface area contributed by atoms with Crippen LogP contribution in [0.4, 0.5) is 4.79 Å². The van der Waals surface area contributed by atoms with Gasteiger partial charge in [0.15, 0.2) is 0 Å². The molecule has 0 aromatic heterocycles. The summed E-state index contributed by atoms with van der Waals surface area (Å²) < 4.78 is 5.24. The number of rotatable bonds is 5. The third-order valence-corrected chi connectivity index (χ3v) is 2.20. The van der Waals surface area contributed by atoms with Crippen molar-refractivity contribution in [1.29, 1.82) is 0 Å². The number of hydrogen-bond acceptors (Lipinski definition) is 3. The topological polar surface area (TPSA) is 41.6 Å². The standard InChI is InChI=1S/C13H26N2O2/c1-10(2)11(3)14-8-9-15(7)12(16)17-13(4,5)6/h10,14H,3,8-9H2,1-2,4-7H3. The fraction of sp³-hybridized carbons (Fsp3) is 0.769. The van der Waals surface area contributed by atoms with Crippen LogP contribution in [0.1, 0.15) is 34.6 Å². The first-order valence-electron chi connectivity index (χ1n) is 6.00. The summed E-state index contributed by atoms with van der Waals surface area (Å²) in [6.45, 7) is 14.9. The predicted octanol–water partition coefficient (Wildman–Crippen LogP) is 2.61. The molecule has 0 unspecified atom stereocenters. The summed E-state index contributed by atoms with van der Waals surface area (Å²) in [4.78, 5) is 13.2. The van der Waals surface area contributed by atoms with E-state index in [2.05, 4.69) is 25.7 Å². The van der Waals surface area contributed by atoms with Crippen LogP contribution in [-0.4, -0.2) is 36.7 Å². The van der Waals surface area contributed by atoms with Crippen molar-refractivity contribution in [3.63, 3.8) is 0 Å². The Kier molecular flexibility index (Phi) is 6.07. The van der Waals surface area contributed by atoms with Crippen molar-refractivity contribution in [2.45, 2.75) is 40.2 Å². The Labute approximate surface area is 105 Å². The summed E-state index contributed by atoms with van der Waals surface area (Å²) in [5, 5.41) is 3.19. The smallest absolute Gasteiger partial charge is 0.410 e. The SMILES string of the molecule is C=C(NCCN(C)C(=O)OC(C)(C)C)C(C)C. The van der Waals surface area contributed by atoms with Crippen LogP contribution in [0.15, 0.2) is 12.3 Å². The highest BCUT2D eigenvalue weighted by atomic mass is 16.6. The van der Waals surface area contributed by atoms with E-state index < -0.39 is 5.60 Å². The van der Waals surface area contributed by atoms with Crippen LogP contribution in [0.5, 0.6) is 0 Å². The van der Waals surface area contributed by atoms with Crippen molar-refractivity contribution in [2.24, 2.45) is 5.92 Å². The lowest BCUT2D eigenvalue weighted by molar-refractivity contribution is 0.0301. The summed E-state index contributed by atoms with van der Waals surface area (Å²) in [6.07, 6.45) is -0.297. The van der Waals surface area contributed by atoms with Gasteiger partial charge in [0.25, 0.3) is 0 Å². The number of nitrogens with one attached hydrogen (secondary N) is 1. The summed E-state index contributed by atoms with van der Waals surface area (Å²) in [5.74, 6) is 0.404. The summed E-state index contributed by atoms with van der Waals surface area (Å²) in [6, 6.07) is 0. The second-order valence-corrected chi connectivity index (χ2v) is 5.51.